The lowest BCUT2D eigenvalue weighted by Crippen LogP contribution is -2.57. The smallest absolute Gasteiger partial charge is 0.320 e. The van der Waals surface area contributed by atoms with Crippen molar-refractivity contribution >= 4 is 122 Å². The highest BCUT2D eigenvalue weighted by molar-refractivity contribution is 8.76. The van der Waals surface area contributed by atoms with Gasteiger partial charge in [0.05, 0.1) is 45.8 Å². The third-order valence-electron chi connectivity index (χ3n) is 12.7. The molecule has 0 aliphatic carbocycles. The molecule has 12 amide bonds. The third kappa shape index (κ3) is 38.4. The summed E-state index contributed by atoms with van der Waals surface area (Å²) in [6.07, 6.45) is 0.393. The van der Waals surface area contributed by atoms with Crippen molar-refractivity contribution in [3.63, 3.8) is 0 Å². The van der Waals surface area contributed by atoms with E-state index in [4.69, 9.17) is 22.9 Å². The Kier molecular flexibility index (Phi) is 39.3. The Labute approximate surface area is 529 Å². The summed E-state index contributed by atoms with van der Waals surface area (Å²) in [5.74, 6) is -15.9. The van der Waals surface area contributed by atoms with Crippen molar-refractivity contribution in [3.05, 3.63) is 0 Å². The van der Waals surface area contributed by atoms with Crippen LogP contribution < -0.4 is 76.1 Å². The maximum Gasteiger partial charge on any atom is 0.320 e. The number of carbonyl (C=O) groups is 16. The van der Waals surface area contributed by atoms with Crippen LogP contribution in [0.2, 0.25) is 0 Å². The summed E-state index contributed by atoms with van der Waals surface area (Å²) >= 11 is 0. The summed E-state index contributed by atoms with van der Waals surface area (Å²) in [7, 11) is 1.92. The maximum absolute atomic E-state index is 13.8. The number of hydrogen-bond acceptors (Lipinski definition) is 22. The van der Waals surface area contributed by atoms with E-state index in [1.165, 1.54) is 4.90 Å². The van der Waals surface area contributed by atoms with E-state index in [1.54, 1.807) is 0 Å². The molecule has 1 heterocycles. The second-order valence-corrected chi connectivity index (χ2v) is 22.9. The quantitative estimate of drug-likeness (QED) is 0.0117. The van der Waals surface area contributed by atoms with Crippen LogP contribution in [0.1, 0.15) is 71.1 Å². The molecule has 1 aliphatic heterocycles. The fourth-order valence-corrected chi connectivity index (χ4v) is 10.7. The van der Waals surface area contributed by atoms with E-state index in [2.05, 4.69) is 58.2 Å². The molecule has 1 rings (SSSR count). The summed E-state index contributed by atoms with van der Waals surface area (Å²) in [6.45, 7) is -4.42. The van der Waals surface area contributed by atoms with Gasteiger partial charge in [-0.2, -0.15) is 0 Å². The van der Waals surface area contributed by atoms with Crippen LogP contribution in [0.15, 0.2) is 4.99 Å². The molecule has 41 heteroatoms. The molecule has 5 unspecified atom stereocenters. The Morgan fingerprint density at radius 2 is 1.15 bits per heavy atom. The number of nitrogens with two attached hydrogens (primary N) is 4. The van der Waals surface area contributed by atoms with Crippen molar-refractivity contribution in [3.8, 4) is 0 Å². The van der Waals surface area contributed by atoms with Gasteiger partial charge in [-0.05, 0) is 57.8 Å². The van der Waals surface area contributed by atoms with Crippen molar-refractivity contribution in [1.29, 1.82) is 0 Å². The van der Waals surface area contributed by atoms with Gasteiger partial charge in [-0.15, -0.1) is 0 Å². The highest BCUT2D eigenvalue weighted by Gasteiger charge is 2.32. The van der Waals surface area contributed by atoms with Crippen molar-refractivity contribution in [2.75, 3.05) is 103 Å². The largest absolute Gasteiger partial charge is 0.480 e. The van der Waals surface area contributed by atoms with E-state index in [-0.39, 0.29) is 127 Å². The second kappa shape index (κ2) is 44.6. The molecule has 23 N–H and O–H groups in total. The number of nitrogens with one attached hydrogen (secondary N) is 10. The number of amides is 12. The molecule has 0 spiro atoms. The Balaban J connectivity index is 2.89. The molecular weight excluding hydrogens is 1250 g/mol. The van der Waals surface area contributed by atoms with Gasteiger partial charge < -0.3 is 102 Å². The molecule has 0 bridgehead atoms. The molecule has 0 aromatic carbocycles. The van der Waals surface area contributed by atoms with E-state index in [1.807, 2.05) is 0 Å². The number of aliphatic carboxylic acids is 5. The summed E-state index contributed by atoms with van der Waals surface area (Å²) in [4.78, 5) is 206. The first-order valence-corrected chi connectivity index (χ1v) is 30.8. The zero-order chi connectivity index (χ0) is 68.6. The minimum Gasteiger partial charge on any atom is -0.480 e. The van der Waals surface area contributed by atoms with Crippen molar-refractivity contribution in [2.24, 2.45) is 27.9 Å². The molecule has 0 aromatic rings. The van der Waals surface area contributed by atoms with Crippen LogP contribution in [-0.2, 0) is 71.9 Å². The number of guanidine groups is 1. The first-order chi connectivity index (χ1) is 42.9. The highest BCUT2D eigenvalue weighted by Crippen LogP contribution is 2.24. The van der Waals surface area contributed by atoms with Gasteiger partial charge in [-0.1, -0.05) is 21.6 Å². The van der Waals surface area contributed by atoms with E-state index < -0.39 is 177 Å². The van der Waals surface area contributed by atoms with Gasteiger partial charge in [0.2, 0.25) is 59.1 Å². The number of carboxylic acids is 5. The third-order valence-corrected chi connectivity index (χ3v) is 15.1. The molecular formula is C50H84N18O21S2. The molecule has 39 nitrogen and oxygen atoms in total. The molecule has 0 aromatic heterocycles. The van der Waals surface area contributed by atoms with E-state index in [0.29, 0.717) is 0 Å². The second-order valence-electron chi connectivity index (χ2n) is 20.3. The maximum atomic E-state index is 13.8. The SMILES string of the molecule is CC(=O)NC1CSSCC(C(=O)NCC(=O)NCC(=O)NC(CCCCNC(=O)NCCCC[C@@H](C(=O)O)N(CCN(CC(=O)O)CC(=O)O)CCN(CC(=O)O)CC(=O)O)C(N)=O)NC(=O)C(CCCN=C(N)N)NC(=O)CNC(=O)C(CCC(N)=O)NC1=O. The fourth-order valence-electron chi connectivity index (χ4n) is 8.34. The van der Waals surface area contributed by atoms with Gasteiger partial charge in [0, 0.05) is 70.7 Å². The number of primary amides is 2. The zero-order valence-electron chi connectivity index (χ0n) is 50.0. The van der Waals surface area contributed by atoms with Crippen molar-refractivity contribution < 1.29 is 102 Å². The minimum absolute atomic E-state index is 0.00514. The van der Waals surface area contributed by atoms with Crippen LogP contribution in [0.25, 0.3) is 0 Å². The van der Waals surface area contributed by atoms with Crippen LogP contribution >= 0.6 is 21.6 Å². The Morgan fingerprint density at radius 3 is 1.67 bits per heavy atom. The number of nitrogens with zero attached hydrogens (tertiary/aromatic N) is 4. The fraction of sp³-hybridized carbons (Fsp3) is 0.660. The lowest BCUT2D eigenvalue weighted by Gasteiger charge is -2.32. The van der Waals surface area contributed by atoms with Crippen LogP contribution in [0.4, 0.5) is 4.79 Å². The average Bonchev–Trinajstić information content (AvgIpc) is 3.71. The van der Waals surface area contributed by atoms with Crippen LogP contribution in [0.5, 0.6) is 0 Å². The van der Waals surface area contributed by atoms with Gasteiger partial charge in [0.1, 0.15) is 36.3 Å². The predicted octanol–water partition coefficient (Wildman–Crippen LogP) is -8.68. The van der Waals surface area contributed by atoms with Gasteiger partial charge >= 0.3 is 35.9 Å². The number of carbonyl (C=O) groups excluding carboxylic acids is 11. The monoisotopic (exact) mass is 1340 g/mol. The minimum atomic E-state index is -1.43. The number of hydrogen-bond donors (Lipinski definition) is 19. The number of urea groups is 1. The molecule has 91 heavy (non-hydrogen) atoms. The standard InChI is InChI=1S/C50H84N18O21S2/c1-28(69)61-33-27-91-90-26-32(65-46(85)30(8-6-14-55-49(53)54)63-38(73)21-60-44(83)31(64-47(33)86)10-11-35(51)70)45(84)59-19-36(71)58-20-37(72)62-29(43(52)82)7-2-4-12-56-50(89)57-13-5-3-9-34(48(87)88)68(17-15-66(22-39(74)75)23-40(76)77)18-16-67(24-41(78)79)25-42(80)81/h29-34H,2-27H2,1H3,(H2,51,70)(H2,52,82)(H,58,71)(H,59,84)(H,60,83)(H,61,69)(H,62,72)(H,63,73)(H,64,86)(H,65,85)(H,74,75)(H,76,77)(H,78,79)(H,80,81)(H,87,88)(H4,53,54,55)(H2,56,57,89)/t29?,30?,31?,32?,33?,34-/m0/s1. The normalized spacial score (nSPS) is 17.2. The van der Waals surface area contributed by atoms with Gasteiger partial charge in [0.15, 0.2) is 5.96 Å². The topological polar surface area (TPSA) is 621 Å². The number of aliphatic imine (C=N–C) groups is 1. The van der Waals surface area contributed by atoms with Gasteiger partial charge in [-0.3, -0.25) is 91.6 Å². The van der Waals surface area contributed by atoms with Crippen molar-refractivity contribution in [1.82, 2.24) is 67.9 Å². The Hall–Kier alpha value is -8.83. The number of unbranched alkanes of at least 4 members (excludes halogenated alkanes) is 2. The molecule has 1 fully saturated rings. The van der Waals surface area contributed by atoms with Crippen LogP contribution in [0, 0.1) is 0 Å². The molecule has 512 valence electrons. The summed E-state index contributed by atoms with van der Waals surface area (Å²) < 4.78 is 0. The van der Waals surface area contributed by atoms with E-state index in [9.17, 15) is 102 Å². The van der Waals surface area contributed by atoms with E-state index in [0.717, 1.165) is 38.3 Å². The first kappa shape index (κ1) is 80.2. The molecule has 1 aliphatic rings. The number of carboxylic acid groups (broad SMARTS) is 5. The molecule has 1 saturated heterocycles. The Bertz CT molecular complexity index is 2500. The summed E-state index contributed by atoms with van der Waals surface area (Å²) in [5, 5.41) is 71.6. The number of rotatable bonds is 41. The summed E-state index contributed by atoms with van der Waals surface area (Å²) in [5.41, 5.74) is 21.6. The lowest BCUT2D eigenvalue weighted by atomic mass is 10.1. The van der Waals surface area contributed by atoms with Crippen molar-refractivity contribution in [2.45, 2.75) is 107 Å². The van der Waals surface area contributed by atoms with Gasteiger partial charge in [-0.25, -0.2) is 4.79 Å². The average molecular weight is 1340 g/mol. The van der Waals surface area contributed by atoms with E-state index >= 15 is 0 Å². The highest BCUT2D eigenvalue weighted by atomic mass is 33.1. The molecule has 0 radical (unpaired) electrons. The predicted molar refractivity (Wildman–Crippen MR) is 322 cm³/mol. The lowest BCUT2D eigenvalue weighted by molar-refractivity contribution is -0.146. The first-order valence-electron chi connectivity index (χ1n) is 28.3. The van der Waals surface area contributed by atoms with Crippen LogP contribution in [-0.4, -0.2) is 281 Å². The molecule has 0 saturated carbocycles. The summed E-state index contributed by atoms with van der Waals surface area (Å²) in [6, 6.07) is -8.53. The zero-order valence-corrected chi connectivity index (χ0v) is 51.7. The van der Waals surface area contributed by atoms with Crippen LogP contribution in [0.3, 0.4) is 0 Å². The Morgan fingerprint density at radius 1 is 0.615 bits per heavy atom. The molecule has 6 atom stereocenters. The van der Waals surface area contributed by atoms with Gasteiger partial charge in [0.25, 0.3) is 0 Å².